The number of carbonyl (C=O) groups excluding carboxylic acids is 1. The smallest absolute Gasteiger partial charge is 0.266 e. The molecule has 2 heterocycles. The van der Waals surface area contributed by atoms with Crippen molar-refractivity contribution in [3.05, 3.63) is 56.2 Å². The van der Waals surface area contributed by atoms with Gasteiger partial charge < -0.3 is 10.4 Å². The predicted molar refractivity (Wildman–Crippen MR) is 81.5 cm³/mol. The summed E-state index contributed by atoms with van der Waals surface area (Å²) in [5, 5.41) is 16.2. The fourth-order valence-electron chi connectivity index (χ4n) is 2.26. The Morgan fingerprint density at radius 3 is 2.83 bits per heavy atom. The van der Waals surface area contributed by atoms with Crippen LogP contribution in [-0.4, -0.2) is 32.3 Å². The molecule has 1 fully saturated rings. The first kappa shape index (κ1) is 15.0. The molecule has 23 heavy (non-hydrogen) atoms. The first-order valence-corrected chi connectivity index (χ1v) is 7.32. The second-order valence-electron chi connectivity index (χ2n) is 5.47. The standard InChI is InChI=1S/C15H16N4O4/c20-12-7-10(8-13(21)17-12)15(23)16-5-6-19-14(22)4-3-11(18-19)9-1-2-9/h3-4,7-9H,1-2,5-6H2,(H,16,23)(H2,17,20,21). The average molecular weight is 316 g/mol. The third-order valence-corrected chi connectivity index (χ3v) is 3.58. The highest BCUT2D eigenvalue weighted by Gasteiger charge is 2.25. The van der Waals surface area contributed by atoms with E-state index in [0.717, 1.165) is 30.7 Å². The summed E-state index contributed by atoms with van der Waals surface area (Å²) in [7, 11) is 0. The maximum absolute atomic E-state index is 11.9. The zero-order chi connectivity index (χ0) is 16.4. The highest BCUT2D eigenvalue weighted by atomic mass is 16.3. The Morgan fingerprint density at radius 2 is 2.13 bits per heavy atom. The van der Waals surface area contributed by atoms with Crippen molar-refractivity contribution < 1.29 is 9.90 Å². The van der Waals surface area contributed by atoms with Crippen LogP contribution in [-0.2, 0) is 6.54 Å². The van der Waals surface area contributed by atoms with Crippen LogP contribution >= 0.6 is 0 Å². The van der Waals surface area contributed by atoms with E-state index in [4.69, 9.17) is 0 Å². The number of H-pyrrole nitrogens is 1. The number of rotatable bonds is 5. The molecule has 3 rings (SSSR count). The molecule has 1 amide bonds. The summed E-state index contributed by atoms with van der Waals surface area (Å²) >= 11 is 0. The molecule has 0 unspecified atom stereocenters. The molecule has 1 aliphatic carbocycles. The van der Waals surface area contributed by atoms with Gasteiger partial charge in [0.2, 0.25) is 0 Å². The van der Waals surface area contributed by atoms with Gasteiger partial charge in [0.15, 0.2) is 5.88 Å². The number of aromatic hydroxyl groups is 1. The number of carbonyl (C=O) groups is 1. The second kappa shape index (κ2) is 6.07. The lowest BCUT2D eigenvalue weighted by molar-refractivity contribution is 0.0951. The molecular formula is C15H16N4O4. The molecule has 1 saturated carbocycles. The maximum atomic E-state index is 11.9. The van der Waals surface area contributed by atoms with Gasteiger partial charge in [-0.25, -0.2) is 4.68 Å². The van der Waals surface area contributed by atoms with Gasteiger partial charge in [-0.3, -0.25) is 19.4 Å². The minimum Gasteiger partial charge on any atom is -0.494 e. The second-order valence-corrected chi connectivity index (χ2v) is 5.47. The lowest BCUT2D eigenvalue weighted by Crippen LogP contribution is -2.32. The predicted octanol–water partition coefficient (Wildman–Crippen LogP) is -0.0554. The van der Waals surface area contributed by atoms with Crippen molar-refractivity contribution in [1.82, 2.24) is 20.1 Å². The zero-order valence-corrected chi connectivity index (χ0v) is 12.3. The van der Waals surface area contributed by atoms with Gasteiger partial charge in [-0.05, 0) is 18.9 Å². The van der Waals surface area contributed by atoms with Crippen LogP contribution < -0.4 is 16.4 Å². The van der Waals surface area contributed by atoms with Crippen LogP contribution in [0.2, 0.25) is 0 Å². The van der Waals surface area contributed by atoms with Gasteiger partial charge in [-0.1, -0.05) is 0 Å². The number of pyridine rings is 1. The van der Waals surface area contributed by atoms with Crippen LogP contribution in [0.1, 0.15) is 34.8 Å². The fourth-order valence-corrected chi connectivity index (χ4v) is 2.26. The molecule has 8 heteroatoms. The number of hydrogen-bond donors (Lipinski definition) is 3. The van der Waals surface area contributed by atoms with Gasteiger partial charge in [-0.2, -0.15) is 5.10 Å². The summed E-state index contributed by atoms with van der Waals surface area (Å²) in [5.41, 5.74) is 0.163. The minimum atomic E-state index is -0.565. The van der Waals surface area contributed by atoms with Crippen LogP contribution in [0.15, 0.2) is 33.9 Å². The molecule has 0 aliphatic heterocycles. The first-order valence-electron chi connectivity index (χ1n) is 7.32. The third kappa shape index (κ3) is 3.65. The topological polar surface area (TPSA) is 117 Å². The summed E-state index contributed by atoms with van der Waals surface area (Å²) in [5.74, 6) is -0.439. The van der Waals surface area contributed by atoms with E-state index in [1.807, 2.05) is 0 Å². The van der Waals surface area contributed by atoms with E-state index in [-0.39, 0.29) is 30.1 Å². The summed E-state index contributed by atoms with van der Waals surface area (Å²) in [6.07, 6.45) is 2.18. The van der Waals surface area contributed by atoms with E-state index in [2.05, 4.69) is 15.4 Å². The molecule has 120 valence electrons. The summed E-state index contributed by atoms with van der Waals surface area (Å²) in [4.78, 5) is 37.0. The van der Waals surface area contributed by atoms with Gasteiger partial charge in [0.05, 0.1) is 17.8 Å². The van der Waals surface area contributed by atoms with Crippen molar-refractivity contribution in [1.29, 1.82) is 0 Å². The Balaban J connectivity index is 1.63. The maximum Gasteiger partial charge on any atom is 0.266 e. The lowest BCUT2D eigenvalue weighted by Gasteiger charge is -2.08. The molecule has 0 atom stereocenters. The molecule has 0 saturated heterocycles. The molecule has 0 bridgehead atoms. The Hall–Kier alpha value is -2.90. The van der Waals surface area contributed by atoms with Crippen molar-refractivity contribution in [3.63, 3.8) is 0 Å². The van der Waals surface area contributed by atoms with Gasteiger partial charge in [0.1, 0.15) is 0 Å². The van der Waals surface area contributed by atoms with Gasteiger partial charge >= 0.3 is 0 Å². The molecule has 0 radical (unpaired) electrons. The fraction of sp³-hybridized carbons (Fsp3) is 0.333. The normalized spacial score (nSPS) is 13.7. The summed E-state index contributed by atoms with van der Waals surface area (Å²) in [6.45, 7) is 0.424. The summed E-state index contributed by atoms with van der Waals surface area (Å²) in [6, 6.07) is 5.48. The highest BCUT2D eigenvalue weighted by Crippen LogP contribution is 2.38. The van der Waals surface area contributed by atoms with Crippen molar-refractivity contribution in [3.8, 4) is 5.88 Å². The number of hydrogen-bond acceptors (Lipinski definition) is 5. The number of nitrogens with one attached hydrogen (secondary N) is 2. The van der Waals surface area contributed by atoms with Gasteiger partial charge in [-0.15, -0.1) is 0 Å². The van der Waals surface area contributed by atoms with Gasteiger partial charge in [0, 0.05) is 30.7 Å². The monoisotopic (exact) mass is 316 g/mol. The molecular weight excluding hydrogens is 300 g/mol. The quantitative estimate of drug-likeness (QED) is 0.714. The van der Waals surface area contributed by atoms with E-state index in [1.165, 1.54) is 10.7 Å². The summed E-state index contributed by atoms with van der Waals surface area (Å²) < 4.78 is 1.32. The van der Waals surface area contributed by atoms with E-state index >= 15 is 0 Å². The van der Waals surface area contributed by atoms with E-state index in [0.29, 0.717) is 5.92 Å². The molecule has 8 nitrogen and oxygen atoms in total. The van der Waals surface area contributed by atoms with Crippen LogP contribution in [0.5, 0.6) is 5.88 Å². The van der Waals surface area contributed by atoms with Crippen LogP contribution in [0, 0.1) is 0 Å². The molecule has 0 aromatic carbocycles. The third-order valence-electron chi connectivity index (χ3n) is 3.58. The molecule has 3 N–H and O–H groups in total. The number of aromatic nitrogens is 3. The Kier molecular flexibility index (Phi) is 3.96. The van der Waals surface area contributed by atoms with Crippen LogP contribution in [0.3, 0.4) is 0 Å². The van der Waals surface area contributed by atoms with Crippen molar-refractivity contribution in [2.45, 2.75) is 25.3 Å². The zero-order valence-electron chi connectivity index (χ0n) is 12.3. The van der Waals surface area contributed by atoms with Crippen molar-refractivity contribution >= 4 is 5.91 Å². The number of aromatic amines is 1. The SMILES string of the molecule is O=C(NCCn1nc(C2CC2)ccc1=O)c1cc(O)[nH]c(=O)c1. The highest BCUT2D eigenvalue weighted by molar-refractivity contribution is 5.94. The van der Waals surface area contributed by atoms with E-state index in [1.54, 1.807) is 6.07 Å². The minimum absolute atomic E-state index is 0.0540. The largest absolute Gasteiger partial charge is 0.494 e. The van der Waals surface area contributed by atoms with Crippen LogP contribution in [0.4, 0.5) is 0 Å². The Bertz CT molecular complexity index is 851. The molecule has 2 aromatic rings. The lowest BCUT2D eigenvalue weighted by atomic mass is 10.2. The number of nitrogens with zero attached hydrogens (tertiary/aromatic N) is 2. The van der Waals surface area contributed by atoms with Gasteiger partial charge in [0.25, 0.3) is 17.0 Å². The average Bonchev–Trinajstić information content (AvgIpc) is 3.32. The molecule has 1 aliphatic rings. The first-order chi connectivity index (χ1) is 11.0. The van der Waals surface area contributed by atoms with Crippen molar-refractivity contribution in [2.75, 3.05) is 6.54 Å². The molecule has 2 aromatic heterocycles. The van der Waals surface area contributed by atoms with Crippen molar-refractivity contribution in [2.24, 2.45) is 0 Å². The Labute approximate surface area is 130 Å². The Morgan fingerprint density at radius 1 is 1.35 bits per heavy atom. The number of amides is 1. The molecule has 0 spiro atoms. The van der Waals surface area contributed by atoms with Crippen LogP contribution in [0.25, 0.3) is 0 Å². The van der Waals surface area contributed by atoms with E-state index < -0.39 is 11.5 Å². The van der Waals surface area contributed by atoms with E-state index in [9.17, 15) is 19.5 Å².